The molecule has 0 unspecified atom stereocenters. The van der Waals surface area contributed by atoms with Crippen LogP contribution in [0.5, 0.6) is 5.75 Å². The number of hydrogen-bond acceptors (Lipinski definition) is 5. The van der Waals surface area contributed by atoms with Crippen molar-refractivity contribution in [1.82, 2.24) is 0 Å². The number of benzene rings is 1. The first-order valence-electron chi connectivity index (χ1n) is 6.39. The molecule has 0 saturated carbocycles. The Hall–Kier alpha value is -1.66. The fourth-order valence-electron chi connectivity index (χ4n) is 1.63. The first-order valence-corrected chi connectivity index (χ1v) is 6.39. The minimum absolute atomic E-state index is 0.00734. The van der Waals surface area contributed by atoms with Gasteiger partial charge in [-0.25, -0.2) is 0 Å². The minimum Gasteiger partial charge on any atom is -0.496 e. The monoisotopic (exact) mass is 283 g/mol. The average molecular weight is 283 g/mol. The molecule has 0 amide bonds. The zero-order valence-corrected chi connectivity index (χ0v) is 12.1. The summed E-state index contributed by atoms with van der Waals surface area (Å²) in [5.41, 5.74) is 0.604. The van der Waals surface area contributed by atoms with Gasteiger partial charge >= 0.3 is 0 Å². The third-order valence-corrected chi connectivity index (χ3v) is 2.92. The van der Waals surface area contributed by atoms with Crippen molar-refractivity contribution in [3.8, 4) is 5.75 Å². The van der Waals surface area contributed by atoms with Gasteiger partial charge in [0, 0.05) is 11.5 Å². The van der Waals surface area contributed by atoms with Crippen LogP contribution in [0.1, 0.15) is 19.4 Å². The second kappa shape index (κ2) is 7.21. The Bertz CT molecular complexity index is 459. The molecule has 1 aromatic carbocycles. The van der Waals surface area contributed by atoms with Crippen LogP contribution in [0.25, 0.3) is 0 Å². The maximum atomic E-state index is 10.7. The number of non-ortho nitro benzene ring substituents is 1. The van der Waals surface area contributed by atoms with E-state index in [1.165, 1.54) is 19.2 Å². The lowest BCUT2D eigenvalue weighted by Gasteiger charge is -2.21. The van der Waals surface area contributed by atoms with Crippen LogP contribution >= 0.6 is 0 Å². The summed E-state index contributed by atoms with van der Waals surface area (Å²) in [6, 6.07) is 4.54. The molecule has 0 bridgehead atoms. The number of aliphatic hydroxyl groups excluding tert-OH is 1. The summed E-state index contributed by atoms with van der Waals surface area (Å²) >= 11 is 0. The van der Waals surface area contributed by atoms with Gasteiger partial charge in [0.25, 0.3) is 5.69 Å². The molecule has 1 N–H and O–H groups in total. The molecule has 0 atom stereocenters. The average Bonchev–Trinajstić information content (AvgIpc) is 2.43. The third kappa shape index (κ3) is 4.79. The van der Waals surface area contributed by atoms with Gasteiger partial charge < -0.3 is 14.6 Å². The molecule has 6 heteroatoms. The minimum atomic E-state index is -0.452. The van der Waals surface area contributed by atoms with Gasteiger partial charge in [0.15, 0.2) is 0 Å². The molecule has 20 heavy (non-hydrogen) atoms. The highest BCUT2D eigenvalue weighted by molar-refractivity contribution is 5.44. The van der Waals surface area contributed by atoms with Crippen LogP contribution in [0.3, 0.4) is 0 Å². The van der Waals surface area contributed by atoms with Crippen molar-refractivity contribution in [2.24, 2.45) is 5.41 Å². The molecule has 0 heterocycles. The molecule has 0 saturated heterocycles. The zero-order chi connectivity index (χ0) is 15.2. The van der Waals surface area contributed by atoms with Crippen molar-refractivity contribution in [1.29, 1.82) is 0 Å². The van der Waals surface area contributed by atoms with Gasteiger partial charge in [-0.1, -0.05) is 13.8 Å². The van der Waals surface area contributed by atoms with Gasteiger partial charge in [-0.2, -0.15) is 0 Å². The van der Waals surface area contributed by atoms with Gasteiger partial charge in [0.05, 0.1) is 37.9 Å². The lowest BCUT2D eigenvalue weighted by Crippen LogP contribution is -2.24. The van der Waals surface area contributed by atoms with Crippen LogP contribution < -0.4 is 4.74 Å². The first kappa shape index (κ1) is 16.4. The van der Waals surface area contributed by atoms with Crippen LogP contribution in [-0.2, 0) is 11.2 Å². The van der Waals surface area contributed by atoms with Gasteiger partial charge in [-0.15, -0.1) is 0 Å². The number of methoxy groups -OCH3 is 1. The molecule has 0 radical (unpaired) electrons. The Kier molecular flexibility index (Phi) is 5.91. The predicted molar refractivity (Wildman–Crippen MR) is 75.0 cm³/mol. The Balaban J connectivity index is 2.58. The predicted octanol–water partition coefficient (Wildman–Crippen LogP) is 2.18. The fourth-order valence-corrected chi connectivity index (χ4v) is 1.63. The van der Waals surface area contributed by atoms with E-state index in [-0.39, 0.29) is 17.7 Å². The highest BCUT2D eigenvalue weighted by atomic mass is 16.6. The number of nitro groups is 1. The smallest absolute Gasteiger partial charge is 0.273 e. The Morgan fingerprint density at radius 1 is 1.40 bits per heavy atom. The summed E-state index contributed by atoms with van der Waals surface area (Å²) in [7, 11) is 1.48. The summed E-state index contributed by atoms with van der Waals surface area (Å²) in [4.78, 5) is 10.2. The van der Waals surface area contributed by atoms with Gasteiger partial charge in [-0.3, -0.25) is 10.1 Å². The number of nitro benzene ring substituents is 1. The summed E-state index contributed by atoms with van der Waals surface area (Å²) in [5, 5.41) is 19.8. The molecular formula is C14H21NO5. The SMILES string of the molecule is COc1cc([N+](=O)[O-])ccc1CCOCC(C)(C)CO. The van der Waals surface area contributed by atoms with E-state index in [0.29, 0.717) is 25.4 Å². The van der Waals surface area contributed by atoms with Crippen LogP contribution in [-0.4, -0.2) is 37.0 Å². The molecule has 112 valence electrons. The van der Waals surface area contributed by atoms with Crippen LogP contribution in [0.4, 0.5) is 5.69 Å². The molecule has 0 fully saturated rings. The molecule has 0 spiro atoms. The maximum Gasteiger partial charge on any atom is 0.273 e. The van der Waals surface area contributed by atoms with Crippen molar-refractivity contribution in [3.05, 3.63) is 33.9 Å². The van der Waals surface area contributed by atoms with Gasteiger partial charge in [-0.05, 0) is 18.1 Å². The lowest BCUT2D eigenvalue weighted by molar-refractivity contribution is -0.384. The number of ether oxygens (including phenoxy) is 2. The van der Waals surface area contributed by atoms with E-state index in [9.17, 15) is 10.1 Å². The van der Waals surface area contributed by atoms with Crippen molar-refractivity contribution in [2.45, 2.75) is 20.3 Å². The quantitative estimate of drug-likeness (QED) is 0.449. The molecule has 0 aliphatic rings. The van der Waals surface area contributed by atoms with Gasteiger partial charge in [0.1, 0.15) is 5.75 Å². The molecule has 0 aliphatic carbocycles. The largest absolute Gasteiger partial charge is 0.496 e. The third-order valence-electron chi connectivity index (χ3n) is 2.92. The van der Waals surface area contributed by atoms with E-state index in [2.05, 4.69) is 0 Å². The summed E-state index contributed by atoms with van der Waals surface area (Å²) in [6.07, 6.45) is 0.600. The molecule has 0 aliphatic heterocycles. The van der Waals surface area contributed by atoms with E-state index in [1.807, 2.05) is 13.8 Å². The van der Waals surface area contributed by atoms with E-state index >= 15 is 0 Å². The number of rotatable bonds is 8. The van der Waals surface area contributed by atoms with Crippen molar-refractivity contribution in [3.63, 3.8) is 0 Å². The Morgan fingerprint density at radius 2 is 2.10 bits per heavy atom. The van der Waals surface area contributed by atoms with Gasteiger partial charge in [0.2, 0.25) is 0 Å². The summed E-state index contributed by atoms with van der Waals surface area (Å²) in [6.45, 7) is 4.82. The molecule has 6 nitrogen and oxygen atoms in total. The van der Waals surface area contributed by atoms with Crippen LogP contribution in [0.2, 0.25) is 0 Å². The molecule has 1 aromatic rings. The normalized spacial score (nSPS) is 11.4. The Labute approximate surface area is 118 Å². The standard InChI is InChI=1S/C14H21NO5/c1-14(2,9-16)10-20-7-6-11-4-5-12(15(17)18)8-13(11)19-3/h4-5,8,16H,6-7,9-10H2,1-3H3. The van der Waals surface area contributed by atoms with E-state index in [4.69, 9.17) is 14.6 Å². The fraction of sp³-hybridized carbons (Fsp3) is 0.571. The second-order valence-electron chi connectivity index (χ2n) is 5.38. The highest BCUT2D eigenvalue weighted by Gasteiger charge is 2.17. The van der Waals surface area contributed by atoms with Crippen molar-refractivity contribution in [2.75, 3.05) is 26.9 Å². The highest BCUT2D eigenvalue weighted by Crippen LogP contribution is 2.25. The lowest BCUT2D eigenvalue weighted by atomic mass is 9.97. The summed E-state index contributed by atoms with van der Waals surface area (Å²) in [5.74, 6) is 0.490. The van der Waals surface area contributed by atoms with Crippen molar-refractivity contribution >= 4 is 5.69 Å². The molecule has 0 aromatic heterocycles. The number of nitrogens with zero attached hydrogens (tertiary/aromatic N) is 1. The maximum absolute atomic E-state index is 10.7. The van der Waals surface area contributed by atoms with Crippen LogP contribution in [0.15, 0.2) is 18.2 Å². The molecule has 1 rings (SSSR count). The van der Waals surface area contributed by atoms with Crippen molar-refractivity contribution < 1.29 is 19.5 Å². The Morgan fingerprint density at radius 3 is 2.65 bits per heavy atom. The first-order chi connectivity index (χ1) is 9.39. The number of hydrogen-bond donors (Lipinski definition) is 1. The van der Waals surface area contributed by atoms with Crippen LogP contribution in [0, 0.1) is 15.5 Å². The van der Waals surface area contributed by atoms with E-state index < -0.39 is 4.92 Å². The topological polar surface area (TPSA) is 81.8 Å². The van der Waals surface area contributed by atoms with E-state index in [0.717, 1.165) is 5.56 Å². The second-order valence-corrected chi connectivity index (χ2v) is 5.38. The number of aliphatic hydroxyl groups is 1. The summed E-state index contributed by atoms with van der Waals surface area (Å²) < 4.78 is 10.7. The molecular weight excluding hydrogens is 262 g/mol. The zero-order valence-electron chi connectivity index (χ0n) is 12.1. The van der Waals surface area contributed by atoms with E-state index in [1.54, 1.807) is 6.07 Å².